The van der Waals surface area contributed by atoms with E-state index in [0.29, 0.717) is 6.54 Å². The van der Waals surface area contributed by atoms with Crippen molar-refractivity contribution in [3.63, 3.8) is 0 Å². The lowest BCUT2D eigenvalue weighted by Crippen LogP contribution is -2.28. The van der Waals surface area contributed by atoms with Crippen LogP contribution in [0.3, 0.4) is 0 Å². The Balaban J connectivity index is 2.16. The maximum absolute atomic E-state index is 13.3. The average molecular weight is 251 g/mol. The lowest BCUT2D eigenvalue weighted by atomic mass is 10.2. The highest BCUT2D eigenvalue weighted by Crippen LogP contribution is 2.31. The van der Waals surface area contributed by atoms with Crippen molar-refractivity contribution in [2.45, 2.75) is 33.2 Å². The Labute approximate surface area is 108 Å². The topological polar surface area (TPSA) is 28.2 Å². The molecule has 2 rings (SSSR count). The molecule has 1 heterocycles. The van der Waals surface area contributed by atoms with Gasteiger partial charge in [0.15, 0.2) is 0 Å². The van der Waals surface area contributed by atoms with Crippen LogP contribution in [0.5, 0.6) is 0 Å². The van der Waals surface area contributed by atoms with Gasteiger partial charge < -0.3 is 10.2 Å². The van der Waals surface area contributed by atoms with Crippen LogP contribution in [0.1, 0.15) is 32.3 Å². The zero-order valence-electron chi connectivity index (χ0n) is 11.2. The van der Waals surface area contributed by atoms with Gasteiger partial charge in [-0.1, -0.05) is 6.92 Å². The van der Waals surface area contributed by atoms with Gasteiger partial charge in [0, 0.05) is 25.2 Å². The molecule has 3 nitrogen and oxygen atoms in total. The number of nitrogens with one attached hydrogen (secondary N) is 1. The molecule has 1 saturated carbocycles. The second-order valence-electron chi connectivity index (χ2n) is 4.90. The number of halogens is 1. The van der Waals surface area contributed by atoms with Crippen LogP contribution in [0.15, 0.2) is 12.3 Å². The molecule has 0 amide bonds. The second kappa shape index (κ2) is 6.14. The molecule has 1 N–H and O–H groups in total. The van der Waals surface area contributed by atoms with Crippen LogP contribution in [0.2, 0.25) is 0 Å². The molecule has 0 spiro atoms. The summed E-state index contributed by atoms with van der Waals surface area (Å²) in [6.45, 7) is 7.71. The van der Waals surface area contributed by atoms with Gasteiger partial charge in [-0.05, 0) is 38.3 Å². The Morgan fingerprint density at radius 3 is 2.83 bits per heavy atom. The van der Waals surface area contributed by atoms with Crippen LogP contribution < -0.4 is 10.2 Å². The first-order valence-corrected chi connectivity index (χ1v) is 6.84. The molecule has 4 heteroatoms. The molecule has 1 fully saturated rings. The second-order valence-corrected chi connectivity index (χ2v) is 4.90. The number of aromatic nitrogens is 1. The highest BCUT2D eigenvalue weighted by molar-refractivity contribution is 5.47. The van der Waals surface area contributed by atoms with E-state index >= 15 is 0 Å². The molecule has 0 atom stereocenters. The molecular weight excluding hydrogens is 229 g/mol. The monoisotopic (exact) mass is 251 g/mol. The van der Waals surface area contributed by atoms with Gasteiger partial charge in [0.2, 0.25) is 0 Å². The fraction of sp³-hybridized carbons (Fsp3) is 0.643. The van der Waals surface area contributed by atoms with Crippen molar-refractivity contribution in [3.05, 3.63) is 23.6 Å². The number of rotatable bonds is 7. The number of pyridine rings is 1. The first-order chi connectivity index (χ1) is 8.74. The Morgan fingerprint density at radius 1 is 1.44 bits per heavy atom. The van der Waals surface area contributed by atoms with Crippen LogP contribution >= 0.6 is 0 Å². The summed E-state index contributed by atoms with van der Waals surface area (Å²) >= 11 is 0. The van der Waals surface area contributed by atoms with E-state index in [9.17, 15) is 4.39 Å². The molecular formula is C14H22FN3. The van der Waals surface area contributed by atoms with Crippen molar-refractivity contribution in [2.24, 2.45) is 5.92 Å². The lowest BCUT2D eigenvalue weighted by molar-refractivity contribution is 0.611. The predicted molar refractivity (Wildman–Crippen MR) is 72.2 cm³/mol. The molecule has 18 heavy (non-hydrogen) atoms. The van der Waals surface area contributed by atoms with E-state index in [1.807, 2.05) is 6.92 Å². The number of hydrogen-bond acceptors (Lipinski definition) is 3. The number of nitrogens with zero attached hydrogens (tertiary/aromatic N) is 2. The van der Waals surface area contributed by atoms with Gasteiger partial charge >= 0.3 is 0 Å². The van der Waals surface area contributed by atoms with Crippen LogP contribution in [-0.4, -0.2) is 24.6 Å². The van der Waals surface area contributed by atoms with Crippen molar-refractivity contribution in [2.75, 3.05) is 24.5 Å². The minimum atomic E-state index is -0.255. The first-order valence-electron chi connectivity index (χ1n) is 6.84. The van der Waals surface area contributed by atoms with Crippen LogP contribution in [0, 0.1) is 11.7 Å². The Kier molecular flexibility index (Phi) is 4.53. The van der Waals surface area contributed by atoms with Gasteiger partial charge in [-0.15, -0.1) is 0 Å². The van der Waals surface area contributed by atoms with Gasteiger partial charge in [-0.2, -0.15) is 0 Å². The quantitative estimate of drug-likeness (QED) is 0.807. The van der Waals surface area contributed by atoms with Gasteiger partial charge in [0.1, 0.15) is 11.6 Å². The van der Waals surface area contributed by atoms with Gasteiger partial charge in [0.05, 0.1) is 6.20 Å². The summed E-state index contributed by atoms with van der Waals surface area (Å²) in [4.78, 5) is 6.56. The summed E-state index contributed by atoms with van der Waals surface area (Å²) in [5.41, 5.74) is 0.958. The lowest BCUT2D eigenvalue weighted by Gasteiger charge is -2.24. The van der Waals surface area contributed by atoms with Gasteiger partial charge in [-0.3, -0.25) is 0 Å². The zero-order chi connectivity index (χ0) is 13.0. The predicted octanol–water partition coefficient (Wildman–Crippen LogP) is 2.57. The van der Waals surface area contributed by atoms with E-state index < -0.39 is 0 Å². The number of hydrogen-bond donors (Lipinski definition) is 1. The van der Waals surface area contributed by atoms with E-state index in [1.54, 1.807) is 6.07 Å². The van der Waals surface area contributed by atoms with Crippen molar-refractivity contribution in [1.29, 1.82) is 0 Å². The van der Waals surface area contributed by atoms with Crippen molar-refractivity contribution >= 4 is 5.82 Å². The molecule has 100 valence electrons. The summed E-state index contributed by atoms with van der Waals surface area (Å²) in [5.74, 6) is 1.49. The van der Waals surface area contributed by atoms with Crippen LogP contribution in [-0.2, 0) is 6.54 Å². The maximum atomic E-state index is 13.3. The highest BCUT2D eigenvalue weighted by atomic mass is 19.1. The normalized spacial score (nSPS) is 14.8. The van der Waals surface area contributed by atoms with E-state index in [1.165, 1.54) is 19.0 Å². The van der Waals surface area contributed by atoms with Gasteiger partial charge in [0.25, 0.3) is 0 Å². The molecule has 1 aliphatic carbocycles. The van der Waals surface area contributed by atoms with Crippen molar-refractivity contribution in [3.8, 4) is 0 Å². The molecule has 1 aliphatic rings. The largest absolute Gasteiger partial charge is 0.356 e. The van der Waals surface area contributed by atoms with Crippen molar-refractivity contribution in [1.82, 2.24) is 10.3 Å². The summed E-state index contributed by atoms with van der Waals surface area (Å²) in [7, 11) is 0. The zero-order valence-corrected chi connectivity index (χ0v) is 11.2. The smallest absolute Gasteiger partial charge is 0.141 e. The molecule has 0 aromatic carbocycles. The van der Waals surface area contributed by atoms with E-state index in [4.69, 9.17) is 0 Å². The molecule has 1 aromatic heterocycles. The number of anilines is 1. The summed E-state index contributed by atoms with van der Waals surface area (Å²) in [6, 6.07) is 1.60. The molecule has 0 aliphatic heterocycles. The fourth-order valence-corrected chi connectivity index (χ4v) is 2.13. The van der Waals surface area contributed by atoms with E-state index in [0.717, 1.165) is 36.9 Å². The van der Waals surface area contributed by atoms with Gasteiger partial charge in [-0.25, -0.2) is 9.37 Å². The van der Waals surface area contributed by atoms with Crippen LogP contribution in [0.25, 0.3) is 0 Å². The molecule has 0 unspecified atom stereocenters. The first kappa shape index (κ1) is 13.3. The Bertz CT molecular complexity index is 391. The molecule has 0 radical (unpaired) electrons. The molecule has 0 bridgehead atoms. The minimum Gasteiger partial charge on any atom is -0.356 e. The van der Waals surface area contributed by atoms with E-state index in [2.05, 4.69) is 22.1 Å². The summed E-state index contributed by atoms with van der Waals surface area (Å²) in [5, 5.41) is 3.25. The molecule has 1 aromatic rings. The summed E-state index contributed by atoms with van der Waals surface area (Å²) < 4.78 is 13.3. The standard InChI is InChI=1S/C14H22FN3/c1-3-16-8-12-7-13(15)9-17-14(12)18(4-2)10-11-5-6-11/h7,9,11,16H,3-6,8,10H2,1-2H3. The highest BCUT2D eigenvalue weighted by Gasteiger charge is 2.25. The Morgan fingerprint density at radius 2 is 2.22 bits per heavy atom. The SMILES string of the molecule is CCNCc1cc(F)cnc1N(CC)CC1CC1. The molecule has 0 saturated heterocycles. The average Bonchev–Trinajstić information content (AvgIpc) is 3.18. The van der Waals surface area contributed by atoms with E-state index in [-0.39, 0.29) is 5.82 Å². The summed E-state index contributed by atoms with van der Waals surface area (Å²) in [6.07, 6.45) is 3.96. The fourth-order valence-electron chi connectivity index (χ4n) is 2.13. The maximum Gasteiger partial charge on any atom is 0.141 e. The third-order valence-corrected chi connectivity index (χ3v) is 3.33. The minimum absolute atomic E-state index is 0.255. The van der Waals surface area contributed by atoms with Crippen LogP contribution in [0.4, 0.5) is 10.2 Å². The Hall–Kier alpha value is -1.16. The van der Waals surface area contributed by atoms with Crippen molar-refractivity contribution < 1.29 is 4.39 Å². The third kappa shape index (κ3) is 3.42. The third-order valence-electron chi connectivity index (χ3n) is 3.33.